The maximum absolute atomic E-state index is 5.98. The van der Waals surface area contributed by atoms with Crippen LogP contribution in [-0.2, 0) is 6.42 Å². The Balaban J connectivity index is 2.55. The molecule has 2 rings (SSSR count). The van der Waals surface area contributed by atoms with Crippen molar-refractivity contribution in [3.8, 4) is 11.3 Å². The van der Waals surface area contributed by atoms with Crippen LogP contribution in [0.15, 0.2) is 24.3 Å². The van der Waals surface area contributed by atoms with Crippen molar-refractivity contribution in [1.82, 2.24) is 9.97 Å². The second-order valence-corrected chi connectivity index (χ2v) is 4.62. The summed E-state index contributed by atoms with van der Waals surface area (Å²) in [4.78, 5) is 8.98. The van der Waals surface area contributed by atoms with Crippen molar-refractivity contribution in [3.05, 3.63) is 41.2 Å². The molecule has 1 heterocycles. The maximum atomic E-state index is 5.98. The molecule has 1 aromatic heterocycles. The fourth-order valence-corrected chi connectivity index (χ4v) is 1.99. The van der Waals surface area contributed by atoms with Gasteiger partial charge in [-0.15, -0.1) is 0 Å². The van der Waals surface area contributed by atoms with Crippen molar-refractivity contribution in [1.29, 1.82) is 0 Å². The third kappa shape index (κ3) is 2.50. The Bertz CT molecular complexity index is 562. The van der Waals surface area contributed by atoms with E-state index in [1.54, 1.807) is 0 Å². The number of nitrogens with two attached hydrogens (primary N) is 1. The van der Waals surface area contributed by atoms with E-state index in [1.165, 1.54) is 5.56 Å². The number of hydrogen-bond donors (Lipinski definition) is 1. The van der Waals surface area contributed by atoms with E-state index in [1.807, 2.05) is 13.0 Å². The minimum absolute atomic E-state index is 0.588. The molecule has 0 atom stereocenters. The second-order valence-electron chi connectivity index (χ2n) is 4.62. The standard InChI is InChI=1S/C15H19N3/c1-4-6-13-17-14(11(3)15(16)18-13)12-8-5-7-10(2)9-12/h5,7-9H,4,6H2,1-3H3,(H2,16,17,18). The third-order valence-corrected chi connectivity index (χ3v) is 2.99. The van der Waals surface area contributed by atoms with Crippen molar-refractivity contribution in [2.75, 3.05) is 5.73 Å². The van der Waals surface area contributed by atoms with E-state index in [2.05, 4.69) is 42.0 Å². The quantitative estimate of drug-likeness (QED) is 0.897. The number of aryl methyl sites for hydroxylation is 2. The molecule has 0 radical (unpaired) electrons. The lowest BCUT2D eigenvalue weighted by atomic mass is 10.0. The molecule has 0 amide bonds. The molecular weight excluding hydrogens is 222 g/mol. The third-order valence-electron chi connectivity index (χ3n) is 2.99. The molecule has 2 N–H and O–H groups in total. The van der Waals surface area contributed by atoms with Gasteiger partial charge in [0.15, 0.2) is 0 Å². The lowest BCUT2D eigenvalue weighted by Crippen LogP contribution is -2.04. The fraction of sp³-hybridized carbons (Fsp3) is 0.333. The first-order chi connectivity index (χ1) is 8.61. The lowest BCUT2D eigenvalue weighted by Gasteiger charge is -2.10. The van der Waals surface area contributed by atoms with E-state index >= 15 is 0 Å². The Morgan fingerprint density at radius 2 is 1.94 bits per heavy atom. The van der Waals surface area contributed by atoms with Crippen LogP contribution in [0.1, 0.15) is 30.3 Å². The monoisotopic (exact) mass is 241 g/mol. The number of benzene rings is 1. The summed E-state index contributed by atoms with van der Waals surface area (Å²) in [5.74, 6) is 1.42. The molecule has 0 aliphatic heterocycles. The predicted octanol–water partition coefficient (Wildman–Crippen LogP) is 3.30. The lowest BCUT2D eigenvalue weighted by molar-refractivity contribution is 0.836. The van der Waals surface area contributed by atoms with Crippen LogP contribution in [0.3, 0.4) is 0 Å². The summed E-state index contributed by atoms with van der Waals surface area (Å²) in [5.41, 5.74) is 10.2. The SMILES string of the molecule is CCCc1nc(N)c(C)c(-c2cccc(C)c2)n1. The summed E-state index contributed by atoms with van der Waals surface area (Å²) in [6, 6.07) is 8.32. The zero-order valence-electron chi connectivity index (χ0n) is 11.2. The number of nitrogen functional groups attached to an aromatic ring is 1. The average Bonchev–Trinajstić information content (AvgIpc) is 2.34. The number of rotatable bonds is 3. The normalized spacial score (nSPS) is 10.6. The molecule has 0 bridgehead atoms. The number of nitrogens with zero attached hydrogens (tertiary/aromatic N) is 2. The van der Waals surface area contributed by atoms with Gasteiger partial charge in [-0.25, -0.2) is 9.97 Å². The molecule has 0 aliphatic carbocycles. The van der Waals surface area contributed by atoms with Crippen LogP contribution in [0.5, 0.6) is 0 Å². The molecule has 0 fully saturated rings. The summed E-state index contributed by atoms with van der Waals surface area (Å²) in [5, 5.41) is 0. The Kier molecular flexibility index (Phi) is 3.60. The molecule has 1 aromatic carbocycles. The van der Waals surface area contributed by atoms with E-state index in [9.17, 15) is 0 Å². The van der Waals surface area contributed by atoms with Crippen molar-refractivity contribution in [2.45, 2.75) is 33.6 Å². The van der Waals surface area contributed by atoms with E-state index in [0.29, 0.717) is 5.82 Å². The summed E-state index contributed by atoms with van der Waals surface area (Å²) < 4.78 is 0. The highest BCUT2D eigenvalue weighted by molar-refractivity contribution is 5.67. The van der Waals surface area contributed by atoms with Crippen LogP contribution in [0.4, 0.5) is 5.82 Å². The van der Waals surface area contributed by atoms with Gasteiger partial charge < -0.3 is 5.73 Å². The summed E-state index contributed by atoms with van der Waals surface area (Å²) in [6.07, 6.45) is 1.89. The Morgan fingerprint density at radius 3 is 2.61 bits per heavy atom. The van der Waals surface area contributed by atoms with Crippen LogP contribution in [0.25, 0.3) is 11.3 Å². The van der Waals surface area contributed by atoms with Crippen LogP contribution in [-0.4, -0.2) is 9.97 Å². The summed E-state index contributed by atoms with van der Waals surface area (Å²) in [7, 11) is 0. The zero-order valence-corrected chi connectivity index (χ0v) is 11.2. The number of hydrogen-bond acceptors (Lipinski definition) is 3. The van der Waals surface area contributed by atoms with E-state index < -0.39 is 0 Å². The molecule has 18 heavy (non-hydrogen) atoms. The summed E-state index contributed by atoms with van der Waals surface area (Å²) >= 11 is 0. The molecule has 0 aliphatic rings. The maximum Gasteiger partial charge on any atom is 0.131 e. The van der Waals surface area contributed by atoms with E-state index in [0.717, 1.165) is 35.5 Å². The fourth-order valence-electron chi connectivity index (χ4n) is 1.99. The molecule has 0 saturated heterocycles. The minimum atomic E-state index is 0.588. The minimum Gasteiger partial charge on any atom is -0.383 e. The summed E-state index contributed by atoms with van der Waals surface area (Å²) in [6.45, 7) is 6.17. The van der Waals surface area contributed by atoms with Crippen LogP contribution < -0.4 is 5.73 Å². The van der Waals surface area contributed by atoms with Gasteiger partial charge in [0.25, 0.3) is 0 Å². The first kappa shape index (κ1) is 12.6. The Hall–Kier alpha value is -1.90. The van der Waals surface area contributed by atoms with Crippen molar-refractivity contribution >= 4 is 5.82 Å². The van der Waals surface area contributed by atoms with Crippen molar-refractivity contribution in [2.24, 2.45) is 0 Å². The smallest absolute Gasteiger partial charge is 0.131 e. The van der Waals surface area contributed by atoms with Gasteiger partial charge in [0.2, 0.25) is 0 Å². The van der Waals surface area contributed by atoms with Crippen LogP contribution in [0, 0.1) is 13.8 Å². The van der Waals surface area contributed by atoms with Gasteiger partial charge in [-0.05, 0) is 26.3 Å². The highest BCUT2D eigenvalue weighted by Crippen LogP contribution is 2.25. The van der Waals surface area contributed by atoms with Crippen LogP contribution in [0.2, 0.25) is 0 Å². The largest absolute Gasteiger partial charge is 0.383 e. The van der Waals surface area contributed by atoms with Gasteiger partial charge in [0, 0.05) is 17.5 Å². The predicted molar refractivity (Wildman–Crippen MR) is 75.3 cm³/mol. The highest BCUT2D eigenvalue weighted by Gasteiger charge is 2.10. The van der Waals surface area contributed by atoms with Crippen LogP contribution >= 0.6 is 0 Å². The average molecular weight is 241 g/mol. The Morgan fingerprint density at radius 1 is 1.17 bits per heavy atom. The molecule has 3 heteroatoms. The second kappa shape index (κ2) is 5.17. The molecule has 3 nitrogen and oxygen atoms in total. The van der Waals surface area contributed by atoms with Crippen molar-refractivity contribution in [3.63, 3.8) is 0 Å². The number of aromatic nitrogens is 2. The van der Waals surface area contributed by atoms with Gasteiger partial charge in [0.05, 0.1) is 5.69 Å². The van der Waals surface area contributed by atoms with Gasteiger partial charge in [0.1, 0.15) is 11.6 Å². The molecule has 0 saturated carbocycles. The van der Waals surface area contributed by atoms with Gasteiger partial charge in [-0.3, -0.25) is 0 Å². The molecule has 0 spiro atoms. The zero-order chi connectivity index (χ0) is 13.1. The van der Waals surface area contributed by atoms with Crippen molar-refractivity contribution < 1.29 is 0 Å². The molecule has 0 unspecified atom stereocenters. The van der Waals surface area contributed by atoms with Gasteiger partial charge >= 0.3 is 0 Å². The van der Waals surface area contributed by atoms with Gasteiger partial charge in [-0.2, -0.15) is 0 Å². The molecular formula is C15H19N3. The van der Waals surface area contributed by atoms with E-state index in [-0.39, 0.29) is 0 Å². The highest BCUT2D eigenvalue weighted by atomic mass is 15.0. The number of anilines is 1. The Labute approximate surface area is 108 Å². The molecule has 2 aromatic rings. The first-order valence-corrected chi connectivity index (χ1v) is 6.32. The molecule has 94 valence electrons. The first-order valence-electron chi connectivity index (χ1n) is 6.32. The van der Waals surface area contributed by atoms with E-state index in [4.69, 9.17) is 5.73 Å². The van der Waals surface area contributed by atoms with Gasteiger partial charge in [-0.1, -0.05) is 30.7 Å². The topological polar surface area (TPSA) is 51.8 Å².